The number of thiazole rings is 1. The molecule has 0 aliphatic carbocycles. The maximum Gasteiger partial charge on any atom is 0.522 e. The maximum atomic E-state index is 13.0. The second-order valence-electron chi connectivity index (χ2n) is 7.27. The molecule has 0 bridgehead atoms. The van der Waals surface area contributed by atoms with Gasteiger partial charge >= 0.3 is 6.36 Å². The van der Waals surface area contributed by atoms with Gasteiger partial charge in [-0.3, -0.25) is 9.53 Å². The number of benzene rings is 1. The highest BCUT2D eigenvalue weighted by molar-refractivity contribution is 7.09. The van der Waals surface area contributed by atoms with E-state index in [1.54, 1.807) is 36.2 Å². The van der Waals surface area contributed by atoms with E-state index in [1.807, 2.05) is 5.38 Å². The lowest BCUT2D eigenvalue weighted by Gasteiger charge is -2.40. The van der Waals surface area contributed by atoms with Gasteiger partial charge in [0, 0.05) is 30.1 Å². The summed E-state index contributed by atoms with van der Waals surface area (Å²) in [4.78, 5) is 19.2. The van der Waals surface area contributed by atoms with Gasteiger partial charge in [0.2, 0.25) is 0 Å². The first-order valence-corrected chi connectivity index (χ1v) is 10.6. The van der Waals surface area contributed by atoms with Gasteiger partial charge in [-0.05, 0) is 30.7 Å². The zero-order chi connectivity index (χ0) is 22.1. The van der Waals surface area contributed by atoms with E-state index in [-0.39, 0.29) is 25.4 Å². The van der Waals surface area contributed by atoms with Gasteiger partial charge in [-0.1, -0.05) is 0 Å². The molecule has 1 aromatic carbocycles. The lowest BCUT2D eigenvalue weighted by Crippen LogP contribution is -2.53. The van der Waals surface area contributed by atoms with Crippen LogP contribution in [0.25, 0.3) is 0 Å². The number of ether oxygens (including phenoxy) is 4. The van der Waals surface area contributed by atoms with Crippen molar-refractivity contribution in [3.63, 3.8) is 0 Å². The third-order valence-corrected chi connectivity index (χ3v) is 6.29. The Hall–Kier alpha value is -2.21. The Bertz CT molecular complexity index is 924. The number of piperidine rings is 1. The molecular weight excluding hydrogens is 437 g/mol. The van der Waals surface area contributed by atoms with Crippen LogP contribution in [0.15, 0.2) is 29.8 Å². The van der Waals surface area contributed by atoms with Crippen LogP contribution in [0.2, 0.25) is 0 Å². The molecule has 2 aromatic rings. The first-order valence-electron chi connectivity index (χ1n) is 9.67. The Labute approximate surface area is 180 Å². The molecule has 0 N–H and O–H groups in total. The Kier molecular flexibility index (Phi) is 6.20. The second-order valence-corrected chi connectivity index (χ2v) is 8.16. The van der Waals surface area contributed by atoms with Gasteiger partial charge in [0.1, 0.15) is 30.3 Å². The average Bonchev–Trinajstić information content (AvgIpc) is 3.40. The van der Waals surface area contributed by atoms with E-state index in [2.05, 4.69) is 9.72 Å². The molecule has 0 saturated carbocycles. The van der Waals surface area contributed by atoms with Crippen molar-refractivity contribution in [1.82, 2.24) is 9.88 Å². The van der Waals surface area contributed by atoms with Gasteiger partial charge in [0.15, 0.2) is 5.60 Å². The fraction of sp³-hybridized carbons (Fsp3) is 0.500. The van der Waals surface area contributed by atoms with E-state index in [9.17, 15) is 18.0 Å². The molecule has 1 aromatic heterocycles. The van der Waals surface area contributed by atoms with E-state index >= 15 is 0 Å². The number of hydrogen-bond donors (Lipinski definition) is 0. The molecule has 2 aliphatic heterocycles. The van der Waals surface area contributed by atoms with E-state index in [1.165, 1.54) is 11.3 Å². The number of carbonyl (C=O) groups excluding carboxylic acids is 1. The van der Waals surface area contributed by atoms with Crippen molar-refractivity contribution >= 4 is 17.2 Å². The van der Waals surface area contributed by atoms with Crippen molar-refractivity contribution in [3.8, 4) is 5.75 Å². The fourth-order valence-corrected chi connectivity index (χ4v) is 4.70. The summed E-state index contributed by atoms with van der Waals surface area (Å²) in [7, 11) is 0. The van der Waals surface area contributed by atoms with Gasteiger partial charge in [-0.25, -0.2) is 4.98 Å². The molecule has 2 saturated heterocycles. The summed E-state index contributed by atoms with van der Waals surface area (Å²) >= 11 is 1.51. The fourth-order valence-electron chi connectivity index (χ4n) is 3.83. The molecule has 0 spiro atoms. The molecule has 7 nitrogen and oxygen atoms in total. The number of aryl methyl sites for hydroxylation is 1. The quantitative estimate of drug-likeness (QED) is 0.618. The van der Waals surface area contributed by atoms with Crippen molar-refractivity contribution in [1.29, 1.82) is 0 Å². The van der Waals surface area contributed by atoms with Gasteiger partial charge in [0.05, 0.1) is 13.2 Å². The first kappa shape index (κ1) is 22.0. The number of fused-ring (bicyclic) bond motifs is 1. The maximum absolute atomic E-state index is 13.0. The van der Waals surface area contributed by atoms with Crippen LogP contribution in [0.3, 0.4) is 0 Å². The summed E-state index contributed by atoms with van der Waals surface area (Å²) < 4.78 is 56.8. The Morgan fingerprint density at radius 2 is 2.23 bits per heavy atom. The number of amides is 1. The second kappa shape index (κ2) is 8.73. The van der Waals surface area contributed by atoms with Crippen LogP contribution < -0.4 is 4.74 Å². The van der Waals surface area contributed by atoms with Crippen LogP contribution in [0, 0.1) is 6.92 Å². The summed E-state index contributed by atoms with van der Waals surface area (Å²) in [6, 6.07) is 4.84. The molecule has 11 heteroatoms. The molecule has 4 rings (SSSR count). The lowest BCUT2D eigenvalue weighted by atomic mass is 9.88. The molecular formula is C20H21F3N2O5S. The molecule has 2 fully saturated rings. The summed E-state index contributed by atoms with van der Waals surface area (Å²) in [6.45, 7) is 1.90. The first-order chi connectivity index (χ1) is 14.8. The van der Waals surface area contributed by atoms with Crippen molar-refractivity contribution in [2.24, 2.45) is 0 Å². The van der Waals surface area contributed by atoms with Crippen LogP contribution in [0.1, 0.15) is 27.3 Å². The molecule has 31 heavy (non-hydrogen) atoms. The smallest absolute Gasteiger partial charge is 0.491 e. The third kappa shape index (κ3) is 4.69. The SMILES string of the molecule is Cc1cc(C(=O)N2CC[C@@]3(c4nccs4)OCOC3C2)ccc1OCCOC(F)(F)F. The van der Waals surface area contributed by atoms with Crippen LogP contribution in [-0.4, -0.2) is 61.4 Å². The van der Waals surface area contributed by atoms with E-state index < -0.39 is 18.6 Å². The van der Waals surface area contributed by atoms with Crippen molar-refractivity contribution in [2.45, 2.75) is 31.4 Å². The standard InChI is InChI=1S/C20H21F3N2O5S/c1-13-10-14(2-3-15(13)27-7-8-29-20(21,22)23)17(26)25-6-4-19(18-24-5-9-31-18)16(11-25)28-12-30-19/h2-3,5,9-10,16H,4,6-8,11-12H2,1H3/t16?,19-/m1/s1. The van der Waals surface area contributed by atoms with E-state index in [4.69, 9.17) is 14.2 Å². The van der Waals surface area contributed by atoms with Crippen LogP contribution in [0.4, 0.5) is 13.2 Å². The summed E-state index contributed by atoms with van der Waals surface area (Å²) in [5, 5.41) is 2.75. The minimum atomic E-state index is -4.69. The topological polar surface area (TPSA) is 70.1 Å². The number of nitrogens with zero attached hydrogens (tertiary/aromatic N) is 2. The van der Waals surface area contributed by atoms with E-state index in [0.717, 1.165) is 5.01 Å². The monoisotopic (exact) mass is 458 g/mol. The lowest BCUT2D eigenvalue weighted by molar-refractivity contribution is -0.325. The zero-order valence-corrected chi connectivity index (χ0v) is 17.5. The number of halogens is 3. The highest BCUT2D eigenvalue weighted by atomic mass is 32.1. The number of rotatable bonds is 6. The average molecular weight is 458 g/mol. The minimum absolute atomic E-state index is 0.154. The van der Waals surface area contributed by atoms with E-state index in [0.29, 0.717) is 36.4 Å². The number of hydrogen-bond acceptors (Lipinski definition) is 7. The van der Waals surface area contributed by atoms with Crippen molar-refractivity contribution in [3.05, 3.63) is 45.9 Å². The molecule has 1 unspecified atom stereocenters. The molecule has 3 heterocycles. The highest BCUT2D eigenvalue weighted by Gasteiger charge is 2.52. The third-order valence-electron chi connectivity index (χ3n) is 5.36. The van der Waals surface area contributed by atoms with Crippen molar-refractivity contribution < 1.29 is 36.9 Å². The molecule has 2 atom stereocenters. The Morgan fingerprint density at radius 1 is 1.39 bits per heavy atom. The van der Waals surface area contributed by atoms with Gasteiger partial charge < -0.3 is 19.1 Å². The van der Waals surface area contributed by atoms with Crippen LogP contribution in [-0.2, 0) is 19.8 Å². The number of alkyl halides is 3. The van der Waals surface area contributed by atoms with Crippen LogP contribution >= 0.6 is 11.3 Å². The predicted molar refractivity (Wildman–Crippen MR) is 104 cm³/mol. The number of likely N-dealkylation sites (tertiary alicyclic amines) is 1. The van der Waals surface area contributed by atoms with Crippen LogP contribution in [0.5, 0.6) is 5.75 Å². The van der Waals surface area contributed by atoms with Gasteiger partial charge in [-0.15, -0.1) is 24.5 Å². The number of carbonyl (C=O) groups is 1. The Morgan fingerprint density at radius 3 is 2.94 bits per heavy atom. The highest BCUT2D eigenvalue weighted by Crippen LogP contribution is 2.43. The van der Waals surface area contributed by atoms with Crippen molar-refractivity contribution in [2.75, 3.05) is 33.1 Å². The minimum Gasteiger partial charge on any atom is -0.491 e. The normalized spacial score (nSPS) is 23.6. The van der Waals surface area contributed by atoms with Gasteiger partial charge in [0.25, 0.3) is 5.91 Å². The molecule has 168 valence electrons. The summed E-state index contributed by atoms with van der Waals surface area (Å²) in [5.41, 5.74) is 0.501. The predicted octanol–water partition coefficient (Wildman–Crippen LogP) is 3.48. The molecule has 2 aliphatic rings. The zero-order valence-electron chi connectivity index (χ0n) is 16.7. The Balaban J connectivity index is 1.38. The largest absolute Gasteiger partial charge is 0.522 e. The molecule has 1 amide bonds. The number of aromatic nitrogens is 1. The van der Waals surface area contributed by atoms with Gasteiger partial charge in [-0.2, -0.15) is 0 Å². The summed E-state index contributed by atoms with van der Waals surface area (Å²) in [6.07, 6.45) is -2.68. The summed E-state index contributed by atoms with van der Waals surface area (Å²) in [5.74, 6) is 0.245. The molecule has 0 radical (unpaired) electrons.